The molecule has 4 nitrogen and oxygen atoms in total. The molecular formula is C15H17NO3S. The molecule has 2 N–H and O–H groups in total. The Morgan fingerprint density at radius 3 is 2.40 bits per heavy atom. The Labute approximate surface area is 121 Å². The van der Waals surface area contributed by atoms with E-state index in [2.05, 4.69) is 5.32 Å². The molecule has 0 spiro atoms. The zero-order chi connectivity index (χ0) is 14.2. The summed E-state index contributed by atoms with van der Waals surface area (Å²) in [6.45, 7) is 0. The highest BCUT2D eigenvalue weighted by molar-refractivity contribution is 7.99. The van der Waals surface area contributed by atoms with Gasteiger partial charge in [0, 0.05) is 11.7 Å². The van der Waals surface area contributed by atoms with Gasteiger partial charge in [0.15, 0.2) is 0 Å². The van der Waals surface area contributed by atoms with Crippen LogP contribution in [-0.2, 0) is 22.4 Å². The molecule has 1 unspecified atom stereocenters. The van der Waals surface area contributed by atoms with Crippen LogP contribution in [0.5, 0.6) is 0 Å². The summed E-state index contributed by atoms with van der Waals surface area (Å²) in [6.07, 6.45) is 1.94. The van der Waals surface area contributed by atoms with E-state index in [0.29, 0.717) is 25.0 Å². The van der Waals surface area contributed by atoms with Gasteiger partial charge in [-0.3, -0.25) is 4.79 Å². The second-order valence-electron chi connectivity index (χ2n) is 5.55. The van der Waals surface area contributed by atoms with Crippen molar-refractivity contribution in [1.29, 1.82) is 0 Å². The van der Waals surface area contributed by atoms with Crippen LogP contribution in [0.25, 0.3) is 0 Å². The lowest BCUT2D eigenvalue weighted by Crippen LogP contribution is -2.56. The van der Waals surface area contributed by atoms with E-state index < -0.39 is 11.5 Å². The van der Waals surface area contributed by atoms with Crippen LogP contribution in [0.1, 0.15) is 17.5 Å². The molecule has 20 heavy (non-hydrogen) atoms. The summed E-state index contributed by atoms with van der Waals surface area (Å²) in [5.41, 5.74) is 1.35. The van der Waals surface area contributed by atoms with Gasteiger partial charge in [-0.05, 0) is 36.1 Å². The minimum Gasteiger partial charge on any atom is -0.479 e. The van der Waals surface area contributed by atoms with Gasteiger partial charge in [-0.1, -0.05) is 24.3 Å². The Kier molecular flexibility index (Phi) is 3.46. The molecular weight excluding hydrogens is 274 g/mol. The lowest BCUT2D eigenvalue weighted by Gasteiger charge is -2.26. The Morgan fingerprint density at radius 1 is 1.25 bits per heavy atom. The van der Waals surface area contributed by atoms with Crippen LogP contribution >= 0.6 is 11.8 Å². The van der Waals surface area contributed by atoms with Gasteiger partial charge in [0.25, 0.3) is 0 Å². The molecule has 1 amide bonds. The SMILES string of the molecule is O=C(NC1(C(=O)O)CCSC1)C1Cc2ccccc2C1. The summed E-state index contributed by atoms with van der Waals surface area (Å²) in [5.74, 6) is 0.0947. The molecule has 1 aromatic rings. The zero-order valence-corrected chi connectivity index (χ0v) is 11.9. The lowest BCUT2D eigenvalue weighted by atomic mass is 9.96. The largest absolute Gasteiger partial charge is 0.479 e. The smallest absolute Gasteiger partial charge is 0.330 e. The van der Waals surface area contributed by atoms with Gasteiger partial charge in [-0.2, -0.15) is 11.8 Å². The Balaban J connectivity index is 1.71. The third-order valence-corrected chi connectivity index (χ3v) is 5.41. The maximum absolute atomic E-state index is 12.4. The van der Waals surface area contributed by atoms with Crippen LogP contribution in [0.3, 0.4) is 0 Å². The number of benzene rings is 1. The molecule has 0 aromatic heterocycles. The van der Waals surface area contributed by atoms with Crippen LogP contribution in [0.15, 0.2) is 24.3 Å². The van der Waals surface area contributed by atoms with Crippen LogP contribution in [0.4, 0.5) is 0 Å². The number of carbonyl (C=O) groups excluding carboxylic acids is 1. The molecule has 1 fully saturated rings. The first-order valence-electron chi connectivity index (χ1n) is 6.81. The Hall–Kier alpha value is -1.49. The van der Waals surface area contributed by atoms with Crippen molar-refractivity contribution in [3.8, 4) is 0 Å². The number of nitrogens with one attached hydrogen (secondary N) is 1. The first-order chi connectivity index (χ1) is 9.61. The van der Waals surface area contributed by atoms with Crippen molar-refractivity contribution in [2.24, 2.45) is 5.92 Å². The summed E-state index contributed by atoms with van der Waals surface area (Å²) in [5, 5.41) is 12.2. The van der Waals surface area contributed by atoms with Crippen molar-refractivity contribution < 1.29 is 14.7 Å². The van der Waals surface area contributed by atoms with Crippen LogP contribution in [0, 0.1) is 5.92 Å². The van der Waals surface area contributed by atoms with Crippen LogP contribution < -0.4 is 5.32 Å². The van der Waals surface area contributed by atoms with E-state index in [1.54, 1.807) is 11.8 Å². The monoisotopic (exact) mass is 291 g/mol. The van der Waals surface area contributed by atoms with Gasteiger partial charge < -0.3 is 10.4 Å². The normalized spacial score (nSPS) is 25.4. The van der Waals surface area contributed by atoms with E-state index in [9.17, 15) is 14.7 Å². The number of hydrogen-bond donors (Lipinski definition) is 2. The first kappa shape index (κ1) is 13.5. The number of carbonyl (C=O) groups is 2. The van der Waals surface area contributed by atoms with Gasteiger partial charge in [0.05, 0.1) is 0 Å². The van der Waals surface area contributed by atoms with E-state index in [-0.39, 0.29) is 11.8 Å². The molecule has 106 valence electrons. The van der Waals surface area contributed by atoms with Crippen LogP contribution in [-0.4, -0.2) is 34.0 Å². The van der Waals surface area contributed by atoms with Crippen molar-refractivity contribution in [2.45, 2.75) is 24.8 Å². The second-order valence-corrected chi connectivity index (χ2v) is 6.66. The van der Waals surface area contributed by atoms with Crippen molar-refractivity contribution >= 4 is 23.6 Å². The predicted molar refractivity (Wildman–Crippen MR) is 77.8 cm³/mol. The number of aliphatic carboxylic acids is 1. The molecule has 1 aliphatic heterocycles. The fourth-order valence-corrected chi connectivity index (χ4v) is 4.29. The highest BCUT2D eigenvalue weighted by Crippen LogP contribution is 2.31. The molecule has 5 heteroatoms. The fraction of sp³-hybridized carbons (Fsp3) is 0.467. The zero-order valence-electron chi connectivity index (χ0n) is 11.1. The maximum atomic E-state index is 12.4. The van der Waals surface area contributed by atoms with Gasteiger partial charge in [-0.15, -0.1) is 0 Å². The van der Waals surface area contributed by atoms with Crippen molar-refractivity contribution in [3.63, 3.8) is 0 Å². The number of thioether (sulfide) groups is 1. The van der Waals surface area contributed by atoms with Gasteiger partial charge >= 0.3 is 5.97 Å². The summed E-state index contributed by atoms with van der Waals surface area (Å²) >= 11 is 1.59. The van der Waals surface area contributed by atoms with Gasteiger partial charge in [-0.25, -0.2) is 4.79 Å². The first-order valence-corrected chi connectivity index (χ1v) is 7.96. The molecule has 1 atom stereocenters. The number of carboxylic acids is 1. The third kappa shape index (κ3) is 2.30. The number of rotatable bonds is 3. The van der Waals surface area contributed by atoms with Gasteiger partial charge in [0.2, 0.25) is 5.91 Å². The van der Waals surface area contributed by atoms with Crippen molar-refractivity contribution in [1.82, 2.24) is 5.32 Å². The van der Waals surface area contributed by atoms with E-state index >= 15 is 0 Å². The summed E-state index contributed by atoms with van der Waals surface area (Å²) in [4.78, 5) is 23.9. The van der Waals surface area contributed by atoms with Crippen molar-refractivity contribution in [2.75, 3.05) is 11.5 Å². The maximum Gasteiger partial charge on any atom is 0.330 e. The van der Waals surface area contributed by atoms with E-state index in [0.717, 1.165) is 5.75 Å². The molecule has 2 aliphatic rings. The molecule has 0 saturated carbocycles. The molecule has 1 aromatic carbocycles. The highest BCUT2D eigenvalue weighted by Gasteiger charge is 2.44. The minimum absolute atomic E-state index is 0.119. The summed E-state index contributed by atoms with van der Waals surface area (Å²) in [7, 11) is 0. The van der Waals surface area contributed by atoms with E-state index in [1.807, 2.05) is 24.3 Å². The van der Waals surface area contributed by atoms with E-state index in [4.69, 9.17) is 0 Å². The average Bonchev–Trinajstić information content (AvgIpc) is 3.05. The quantitative estimate of drug-likeness (QED) is 0.885. The van der Waals surface area contributed by atoms with Gasteiger partial charge in [0.1, 0.15) is 5.54 Å². The number of hydrogen-bond acceptors (Lipinski definition) is 3. The molecule has 3 rings (SSSR count). The summed E-state index contributed by atoms with van der Waals surface area (Å²) in [6, 6.07) is 8.04. The molecule has 1 saturated heterocycles. The van der Waals surface area contributed by atoms with Crippen molar-refractivity contribution in [3.05, 3.63) is 35.4 Å². The number of amides is 1. The number of carboxylic acid groups (broad SMARTS) is 1. The molecule has 1 aliphatic carbocycles. The minimum atomic E-state index is -1.06. The molecule has 1 heterocycles. The predicted octanol–water partition coefficient (Wildman–Crippen LogP) is 1.48. The third-order valence-electron chi connectivity index (χ3n) is 4.22. The molecule has 0 bridgehead atoms. The Morgan fingerprint density at radius 2 is 1.90 bits per heavy atom. The number of fused-ring (bicyclic) bond motifs is 1. The van der Waals surface area contributed by atoms with E-state index in [1.165, 1.54) is 11.1 Å². The topological polar surface area (TPSA) is 66.4 Å². The standard InChI is InChI=1S/C15H17NO3S/c17-13(16-15(14(18)19)5-6-20-9-15)12-7-10-3-1-2-4-11(10)8-12/h1-4,12H,5-9H2,(H,16,17)(H,18,19). The van der Waals surface area contributed by atoms with Crippen LogP contribution in [0.2, 0.25) is 0 Å². The molecule has 0 radical (unpaired) electrons. The Bertz CT molecular complexity index is 527. The lowest BCUT2D eigenvalue weighted by molar-refractivity contribution is -0.147. The second kappa shape index (κ2) is 5.13. The summed E-state index contributed by atoms with van der Waals surface area (Å²) < 4.78 is 0. The average molecular weight is 291 g/mol. The fourth-order valence-electron chi connectivity index (χ4n) is 2.97. The highest BCUT2D eigenvalue weighted by atomic mass is 32.2.